The molecule has 0 aliphatic carbocycles. The van der Waals surface area contributed by atoms with Gasteiger partial charge in [0, 0.05) is 30.9 Å². The zero-order valence-electron chi connectivity index (χ0n) is 15.0. The second-order valence-electron chi connectivity index (χ2n) is 6.95. The number of nitrogens with zero attached hydrogens (tertiary/aromatic N) is 3. The summed E-state index contributed by atoms with van der Waals surface area (Å²) in [5.74, 6) is 0.423. The van der Waals surface area contributed by atoms with E-state index >= 15 is 0 Å². The molecule has 7 heteroatoms. The Hall–Kier alpha value is -2.18. The lowest BCUT2D eigenvalue weighted by Crippen LogP contribution is -2.49. The van der Waals surface area contributed by atoms with Crippen LogP contribution in [0.4, 0.5) is 0 Å². The van der Waals surface area contributed by atoms with Gasteiger partial charge in [0.05, 0.1) is 6.61 Å². The van der Waals surface area contributed by atoms with E-state index in [4.69, 9.17) is 4.74 Å². The summed E-state index contributed by atoms with van der Waals surface area (Å²) < 4.78 is 5.87. The summed E-state index contributed by atoms with van der Waals surface area (Å²) in [5, 5.41) is 2.79. The predicted octanol–water partition coefficient (Wildman–Crippen LogP) is 1.24. The van der Waals surface area contributed by atoms with E-state index in [1.54, 1.807) is 0 Å². The Morgan fingerprint density at radius 3 is 2.76 bits per heavy atom. The van der Waals surface area contributed by atoms with E-state index in [1.165, 1.54) is 6.33 Å². The third kappa shape index (κ3) is 4.08. The molecule has 1 unspecified atom stereocenters. The molecule has 0 spiro atoms. The van der Waals surface area contributed by atoms with E-state index in [9.17, 15) is 9.59 Å². The van der Waals surface area contributed by atoms with Crippen LogP contribution in [0.1, 0.15) is 36.9 Å². The maximum Gasteiger partial charge on any atom is 0.235 e. The van der Waals surface area contributed by atoms with Crippen LogP contribution >= 0.6 is 0 Å². The largest absolute Gasteiger partial charge is 0.477 e. The maximum atomic E-state index is 12.5. The smallest absolute Gasteiger partial charge is 0.235 e. The van der Waals surface area contributed by atoms with Gasteiger partial charge in [-0.2, -0.15) is 0 Å². The van der Waals surface area contributed by atoms with Crippen LogP contribution in [-0.4, -0.2) is 52.9 Å². The molecule has 2 saturated heterocycles. The summed E-state index contributed by atoms with van der Waals surface area (Å²) in [6.07, 6.45) is 4.85. The molecule has 2 aliphatic heterocycles. The quantitative estimate of drug-likeness (QED) is 0.829. The normalized spacial score (nSPS) is 21.8. The number of aryl methyl sites for hydroxylation is 1. The van der Waals surface area contributed by atoms with Crippen molar-refractivity contribution in [3.05, 3.63) is 17.6 Å². The topological polar surface area (TPSA) is 84.4 Å². The zero-order chi connectivity index (χ0) is 17.8. The number of nitrogens with one attached hydrogen (secondary N) is 1. The molecule has 1 aromatic rings. The van der Waals surface area contributed by atoms with Gasteiger partial charge in [0.25, 0.3) is 0 Å². The molecule has 2 fully saturated rings. The molecule has 1 N–H and O–H groups in total. The summed E-state index contributed by atoms with van der Waals surface area (Å²) >= 11 is 0. The SMILES string of the molecule is Cc1ncnc(OCC2CCN(C(=O)C3CCCNC3=O)CC2)c1C. The monoisotopic (exact) mass is 346 g/mol. The Kier molecular flexibility index (Phi) is 5.50. The fourth-order valence-electron chi connectivity index (χ4n) is 3.41. The highest BCUT2D eigenvalue weighted by Crippen LogP contribution is 2.23. The van der Waals surface area contributed by atoms with E-state index in [0.29, 0.717) is 44.5 Å². The molecule has 2 aliphatic rings. The van der Waals surface area contributed by atoms with E-state index in [2.05, 4.69) is 15.3 Å². The number of rotatable bonds is 4. The number of amides is 2. The van der Waals surface area contributed by atoms with Crippen LogP contribution in [0, 0.1) is 25.7 Å². The van der Waals surface area contributed by atoms with Crippen LogP contribution in [0.5, 0.6) is 5.88 Å². The molecule has 1 aromatic heterocycles. The van der Waals surface area contributed by atoms with Gasteiger partial charge < -0.3 is 15.0 Å². The minimum Gasteiger partial charge on any atom is -0.477 e. The lowest BCUT2D eigenvalue weighted by Gasteiger charge is -2.34. The minimum absolute atomic E-state index is 0.0150. The Balaban J connectivity index is 1.48. The van der Waals surface area contributed by atoms with Crippen LogP contribution in [0.15, 0.2) is 6.33 Å². The van der Waals surface area contributed by atoms with Crippen LogP contribution in [-0.2, 0) is 9.59 Å². The average molecular weight is 346 g/mol. The zero-order valence-corrected chi connectivity index (χ0v) is 15.0. The number of piperidine rings is 2. The van der Waals surface area contributed by atoms with Gasteiger partial charge in [0.2, 0.25) is 17.7 Å². The second kappa shape index (κ2) is 7.80. The van der Waals surface area contributed by atoms with Gasteiger partial charge in [-0.3, -0.25) is 9.59 Å². The number of likely N-dealkylation sites (tertiary alicyclic amines) is 1. The molecule has 2 amide bonds. The molecule has 25 heavy (non-hydrogen) atoms. The minimum atomic E-state index is -0.492. The van der Waals surface area contributed by atoms with Crippen molar-refractivity contribution in [3.8, 4) is 5.88 Å². The van der Waals surface area contributed by atoms with Crippen molar-refractivity contribution in [2.75, 3.05) is 26.2 Å². The highest BCUT2D eigenvalue weighted by molar-refractivity contribution is 6.00. The average Bonchev–Trinajstić information content (AvgIpc) is 2.63. The number of hydrogen-bond acceptors (Lipinski definition) is 5. The molecule has 0 aromatic carbocycles. The van der Waals surface area contributed by atoms with Crippen molar-refractivity contribution in [2.45, 2.75) is 39.5 Å². The molecule has 3 rings (SSSR count). The number of ether oxygens (including phenoxy) is 1. The van der Waals surface area contributed by atoms with Crippen LogP contribution in [0.25, 0.3) is 0 Å². The lowest BCUT2D eigenvalue weighted by atomic mass is 9.93. The van der Waals surface area contributed by atoms with E-state index in [1.807, 2.05) is 18.7 Å². The third-order valence-electron chi connectivity index (χ3n) is 5.26. The molecule has 0 radical (unpaired) electrons. The first-order valence-electron chi connectivity index (χ1n) is 9.03. The molecule has 1 atom stereocenters. The molecule has 7 nitrogen and oxygen atoms in total. The van der Waals surface area contributed by atoms with Gasteiger partial charge >= 0.3 is 0 Å². The van der Waals surface area contributed by atoms with E-state index in [0.717, 1.165) is 30.5 Å². The summed E-state index contributed by atoms with van der Waals surface area (Å²) in [5.41, 5.74) is 1.90. The molecular weight excluding hydrogens is 320 g/mol. The van der Waals surface area contributed by atoms with Crippen molar-refractivity contribution < 1.29 is 14.3 Å². The standard InChI is InChI=1S/C18H26N4O3/c1-12-13(2)20-11-21-17(12)25-10-14-5-8-22(9-6-14)18(24)15-4-3-7-19-16(15)23/h11,14-15H,3-10H2,1-2H3,(H,19,23). The highest BCUT2D eigenvalue weighted by Gasteiger charge is 2.34. The van der Waals surface area contributed by atoms with Crippen LogP contribution < -0.4 is 10.1 Å². The highest BCUT2D eigenvalue weighted by atomic mass is 16.5. The maximum absolute atomic E-state index is 12.5. The first kappa shape index (κ1) is 17.6. The van der Waals surface area contributed by atoms with Crippen molar-refractivity contribution in [1.29, 1.82) is 0 Å². The third-order valence-corrected chi connectivity index (χ3v) is 5.26. The van der Waals surface area contributed by atoms with Gasteiger partial charge in [-0.05, 0) is 45.4 Å². The Bertz CT molecular complexity index is 641. The second-order valence-corrected chi connectivity index (χ2v) is 6.95. The number of hydrogen-bond donors (Lipinski definition) is 1. The summed E-state index contributed by atoms with van der Waals surface area (Å²) in [7, 11) is 0. The fourth-order valence-corrected chi connectivity index (χ4v) is 3.41. The lowest BCUT2D eigenvalue weighted by molar-refractivity contribution is -0.144. The Morgan fingerprint density at radius 1 is 1.28 bits per heavy atom. The van der Waals surface area contributed by atoms with E-state index in [-0.39, 0.29) is 11.8 Å². The fraction of sp³-hybridized carbons (Fsp3) is 0.667. The molecule has 0 bridgehead atoms. The van der Waals surface area contributed by atoms with Gasteiger partial charge in [0.1, 0.15) is 12.2 Å². The van der Waals surface area contributed by atoms with E-state index < -0.39 is 5.92 Å². The molecule has 136 valence electrons. The molecular formula is C18H26N4O3. The van der Waals surface area contributed by atoms with Crippen molar-refractivity contribution >= 4 is 11.8 Å². The van der Waals surface area contributed by atoms with Gasteiger partial charge in [-0.1, -0.05) is 0 Å². The van der Waals surface area contributed by atoms with Gasteiger partial charge in [-0.15, -0.1) is 0 Å². The van der Waals surface area contributed by atoms with Crippen LogP contribution in [0.2, 0.25) is 0 Å². The molecule has 3 heterocycles. The van der Waals surface area contributed by atoms with Crippen molar-refractivity contribution in [1.82, 2.24) is 20.2 Å². The first-order valence-corrected chi connectivity index (χ1v) is 9.03. The predicted molar refractivity (Wildman–Crippen MR) is 92.0 cm³/mol. The van der Waals surface area contributed by atoms with Crippen LogP contribution in [0.3, 0.4) is 0 Å². The van der Waals surface area contributed by atoms with Crippen molar-refractivity contribution in [3.63, 3.8) is 0 Å². The molecule has 0 saturated carbocycles. The van der Waals surface area contributed by atoms with Gasteiger partial charge in [0.15, 0.2) is 0 Å². The number of carbonyl (C=O) groups excluding carboxylic acids is 2. The summed E-state index contributed by atoms with van der Waals surface area (Å²) in [6.45, 7) is 6.57. The first-order chi connectivity index (χ1) is 12.1. The van der Waals surface area contributed by atoms with Crippen molar-refractivity contribution in [2.24, 2.45) is 11.8 Å². The van der Waals surface area contributed by atoms with Gasteiger partial charge in [-0.25, -0.2) is 9.97 Å². The summed E-state index contributed by atoms with van der Waals surface area (Å²) in [6, 6.07) is 0. The number of aromatic nitrogens is 2. The number of carbonyl (C=O) groups is 2. The summed E-state index contributed by atoms with van der Waals surface area (Å²) in [4.78, 5) is 34.6. The Labute approximate surface area is 148 Å². The Morgan fingerprint density at radius 2 is 2.04 bits per heavy atom.